The van der Waals surface area contributed by atoms with Crippen LogP contribution in [0.3, 0.4) is 0 Å². The molecule has 1 fully saturated rings. The lowest BCUT2D eigenvalue weighted by Crippen LogP contribution is -2.53. The zero-order valence-electron chi connectivity index (χ0n) is 10.4. The van der Waals surface area contributed by atoms with E-state index in [4.69, 9.17) is 16.3 Å². The van der Waals surface area contributed by atoms with Crippen molar-refractivity contribution in [2.45, 2.75) is 32.1 Å². The van der Waals surface area contributed by atoms with Gasteiger partial charge >= 0.3 is 0 Å². The lowest BCUT2D eigenvalue weighted by atomic mass is 10.1. The third-order valence-corrected chi connectivity index (χ3v) is 2.98. The first-order chi connectivity index (χ1) is 8.15. The topological polar surface area (TPSA) is 59.1 Å². The molecule has 1 aliphatic rings. The lowest BCUT2D eigenvalue weighted by molar-refractivity contribution is -0.0407. The van der Waals surface area contributed by atoms with E-state index in [2.05, 4.69) is 34.4 Å². The van der Waals surface area contributed by atoms with E-state index in [9.17, 15) is 0 Å². The van der Waals surface area contributed by atoms with Crippen LogP contribution in [0, 0.1) is 0 Å². The number of rotatable bonds is 3. The van der Waals surface area contributed by atoms with Gasteiger partial charge in [0, 0.05) is 13.1 Å². The van der Waals surface area contributed by atoms with Crippen LogP contribution < -0.4 is 10.6 Å². The molecule has 7 heteroatoms. The van der Waals surface area contributed by atoms with Crippen LogP contribution in [0.25, 0.3) is 0 Å². The van der Waals surface area contributed by atoms with Crippen LogP contribution in [0.4, 0.5) is 5.95 Å². The number of hydrogen-bond donors (Lipinski definition) is 2. The van der Waals surface area contributed by atoms with Crippen molar-refractivity contribution in [2.24, 2.45) is 0 Å². The van der Waals surface area contributed by atoms with Gasteiger partial charge in [0.2, 0.25) is 5.95 Å². The number of ether oxygens (including phenoxy) is 1. The van der Waals surface area contributed by atoms with E-state index in [1.54, 1.807) is 12.4 Å². The summed E-state index contributed by atoms with van der Waals surface area (Å²) in [5.41, 5.74) is 0. The Kier molecular flexibility index (Phi) is 6.08. The van der Waals surface area contributed by atoms with Gasteiger partial charge in [-0.1, -0.05) is 11.6 Å². The smallest absolute Gasteiger partial charge is 0.222 e. The van der Waals surface area contributed by atoms with Gasteiger partial charge in [-0.25, -0.2) is 9.97 Å². The Labute approximate surface area is 118 Å². The van der Waals surface area contributed by atoms with Crippen LogP contribution >= 0.6 is 24.0 Å². The van der Waals surface area contributed by atoms with E-state index in [-0.39, 0.29) is 30.7 Å². The molecule has 0 aromatic carbocycles. The zero-order chi connectivity index (χ0) is 12.3. The fraction of sp³-hybridized carbons (Fsp3) is 0.636. The van der Waals surface area contributed by atoms with Gasteiger partial charge in [0.15, 0.2) is 0 Å². The van der Waals surface area contributed by atoms with E-state index < -0.39 is 0 Å². The van der Waals surface area contributed by atoms with E-state index in [1.807, 2.05) is 0 Å². The summed E-state index contributed by atoms with van der Waals surface area (Å²) in [6.07, 6.45) is 3.60. The SMILES string of the molecule is C[C@@H]1O[C@@H](C)CN[C@@H]1CNc1ncc(Cl)cn1.Cl. The molecule has 0 bridgehead atoms. The predicted octanol–water partition coefficient (Wildman–Crippen LogP) is 1.73. The van der Waals surface area contributed by atoms with Crippen molar-refractivity contribution in [1.29, 1.82) is 0 Å². The molecule has 0 radical (unpaired) electrons. The first-order valence-electron chi connectivity index (χ1n) is 5.75. The van der Waals surface area contributed by atoms with Crippen molar-refractivity contribution in [3.63, 3.8) is 0 Å². The van der Waals surface area contributed by atoms with Gasteiger partial charge in [-0.15, -0.1) is 12.4 Å². The molecule has 2 rings (SSSR count). The largest absolute Gasteiger partial charge is 0.373 e. The molecular weight excluding hydrogens is 275 g/mol. The molecule has 0 amide bonds. The van der Waals surface area contributed by atoms with Crippen molar-refractivity contribution < 1.29 is 4.74 Å². The molecule has 2 N–H and O–H groups in total. The molecule has 5 nitrogen and oxygen atoms in total. The highest BCUT2D eigenvalue weighted by atomic mass is 35.5. The number of anilines is 1. The van der Waals surface area contributed by atoms with Crippen LogP contribution in [0.2, 0.25) is 5.02 Å². The van der Waals surface area contributed by atoms with Gasteiger partial charge < -0.3 is 15.4 Å². The third kappa shape index (κ3) is 4.24. The van der Waals surface area contributed by atoms with Gasteiger partial charge in [0.25, 0.3) is 0 Å². The Balaban J connectivity index is 0.00000162. The highest BCUT2D eigenvalue weighted by molar-refractivity contribution is 6.30. The summed E-state index contributed by atoms with van der Waals surface area (Å²) in [5.74, 6) is 0.585. The summed E-state index contributed by atoms with van der Waals surface area (Å²) in [4.78, 5) is 8.16. The van der Waals surface area contributed by atoms with Crippen LogP contribution in [0.1, 0.15) is 13.8 Å². The highest BCUT2D eigenvalue weighted by Gasteiger charge is 2.25. The molecular formula is C11H18Cl2N4O. The fourth-order valence-electron chi connectivity index (χ4n) is 1.84. The standard InChI is InChI=1S/C11H17ClN4O.ClH/c1-7-3-13-10(8(2)17-7)6-16-11-14-4-9(12)5-15-11;/h4-5,7-8,10,13H,3,6H2,1-2H3,(H,14,15,16);1H/t7-,8-,10+;/m0./s1. The zero-order valence-corrected chi connectivity index (χ0v) is 12.0. The molecule has 1 aliphatic heterocycles. The van der Waals surface area contributed by atoms with Gasteiger partial charge in [0.05, 0.1) is 35.7 Å². The van der Waals surface area contributed by atoms with E-state index >= 15 is 0 Å². The van der Waals surface area contributed by atoms with Crippen molar-refractivity contribution >= 4 is 30.0 Å². The number of hydrogen-bond acceptors (Lipinski definition) is 5. The highest BCUT2D eigenvalue weighted by Crippen LogP contribution is 2.10. The maximum absolute atomic E-state index is 5.74. The molecule has 3 atom stereocenters. The maximum atomic E-state index is 5.74. The third-order valence-electron chi connectivity index (χ3n) is 2.78. The lowest BCUT2D eigenvalue weighted by Gasteiger charge is -2.34. The molecule has 18 heavy (non-hydrogen) atoms. The molecule has 0 unspecified atom stereocenters. The minimum Gasteiger partial charge on any atom is -0.373 e. The fourth-order valence-corrected chi connectivity index (χ4v) is 1.93. The summed E-state index contributed by atoms with van der Waals surface area (Å²) in [6, 6.07) is 0.269. The van der Waals surface area contributed by atoms with Crippen molar-refractivity contribution in [1.82, 2.24) is 15.3 Å². The molecule has 1 aromatic rings. The van der Waals surface area contributed by atoms with Gasteiger partial charge in [-0.3, -0.25) is 0 Å². The Morgan fingerprint density at radius 2 is 2.11 bits per heavy atom. The monoisotopic (exact) mass is 292 g/mol. The molecule has 0 spiro atoms. The van der Waals surface area contributed by atoms with Crippen LogP contribution in [0.15, 0.2) is 12.4 Å². The number of nitrogens with zero attached hydrogens (tertiary/aromatic N) is 2. The molecule has 1 aromatic heterocycles. The average Bonchev–Trinajstić information content (AvgIpc) is 2.30. The van der Waals surface area contributed by atoms with Gasteiger partial charge in [-0.2, -0.15) is 0 Å². The number of nitrogens with one attached hydrogen (secondary N) is 2. The quantitative estimate of drug-likeness (QED) is 0.889. The van der Waals surface area contributed by atoms with Crippen molar-refractivity contribution in [2.75, 3.05) is 18.4 Å². The Hall–Kier alpha value is -0.620. The second-order valence-electron chi connectivity index (χ2n) is 4.27. The maximum Gasteiger partial charge on any atom is 0.222 e. The number of halogens is 2. The van der Waals surface area contributed by atoms with Crippen LogP contribution in [-0.2, 0) is 4.74 Å². The second-order valence-corrected chi connectivity index (χ2v) is 4.71. The minimum atomic E-state index is 0. The summed E-state index contributed by atoms with van der Waals surface area (Å²) in [6.45, 7) is 5.74. The van der Waals surface area contributed by atoms with E-state index in [1.165, 1.54) is 0 Å². The summed E-state index contributed by atoms with van der Waals surface area (Å²) >= 11 is 5.71. The van der Waals surface area contributed by atoms with Crippen LogP contribution in [0.5, 0.6) is 0 Å². The molecule has 0 saturated carbocycles. The Morgan fingerprint density at radius 3 is 2.72 bits per heavy atom. The van der Waals surface area contributed by atoms with Gasteiger partial charge in [0.1, 0.15) is 0 Å². The Morgan fingerprint density at radius 1 is 1.44 bits per heavy atom. The summed E-state index contributed by atoms with van der Waals surface area (Å²) in [5, 5.41) is 7.13. The summed E-state index contributed by atoms with van der Waals surface area (Å²) in [7, 11) is 0. The van der Waals surface area contributed by atoms with E-state index in [0.29, 0.717) is 11.0 Å². The van der Waals surface area contributed by atoms with Crippen LogP contribution in [-0.4, -0.2) is 41.3 Å². The molecule has 102 valence electrons. The molecule has 0 aliphatic carbocycles. The molecule has 1 saturated heterocycles. The first kappa shape index (κ1) is 15.4. The average molecular weight is 293 g/mol. The minimum absolute atomic E-state index is 0. The van der Waals surface area contributed by atoms with Crippen molar-refractivity contribution in [3.8, 4) is 0 Å². The number of morpholine rings is 1. The molecule has 2 heterocycles. The number of aromatic nitrogens is 2. The van der Waals surface area contributed by atoms with Gasteiger partial charge in [-0.05, 0) is 13.8 Å². The normalized spacial score (nSPS) is 27.4. The Bertz CT molecular complexity index is 363. The first-order valence-corrected chi connectivity index (χ1v) is 6.13. The second kappa shape index (κ2) is 7.09. The summed E-state index contributed by atoms with van der Waals surface area (Å²) < 4.78 is 5.74. The predicted molar refractivity (Wildman–Crippen MR) is 74.6 cm³/mol. The van der Waals surface area contributed by atoms with E-state index in [0.717, 1.165) is 13.1 Å². The van der Waals surface area contributed by atoms with Crippen molar-refractivity contribution in [3.05, 3.63) is 17.4 Å².